The van der Waals surface area contributed by atoms with Gasteiger partial charge >= 0.3 is 5.97 Å². The number of hydrogen-bond donors (Lipinski definition) is 1. The minimum Gasteiger partial charge on any atom is -0.469 e. The predicted molar refractivity (Wildman–Crippen MR) is 52.9 cm³/mol. The summed E-state index contributed by atoms with van der Waals surface area (Å²) in [6, 6.07) is 0. The van der Waals surface area contributed by atoms with E-state index in [2.05, 4.69) is 4.74 Å². The smallest absolute Gasteiger partial charge is 0.313 e. The molecule has 0 atom stereocenters. The average molecular weight is 204 g/mol. The molecule has 14 heavy (non-hydrogen) atoms. The number of carbonyl (C=O) groups excluding carboxylic acids is 1. The molecule has 0 saturated carbocycles. The lowest BCUT2D eigenvalue weighted by atomic mass is 9.95. The Morgan fingerprint density at radius 2 is 1.79 bits per heavy atom. The molecule has 84 valence electrons. The number of methoxy groups -OCH3 is 1. The predicted octanol–water partition coefficient (Wildman–Crippen LogP) is 0.973. The van der Waals surface area contributed by atoms with Crippen molar-refractivity contribution in [3.8, 4) is 0 Å². The van der Waals surface area contributed by atoms with Crippen molar-refractivity contribution in [3.05, 3.63) is 0 Å². The van der Waals surface area contributed by atoms with Gasteiger partial charge in [0, 0.05) is 0 Å². The van der Waals surface area contributed by atoms with E-state index in [-0.39, 0.29) is 19.2 Å². The van der Waals surface area contributed by atoms with Gasteiger partial charge in [0.1, 0.15) is 0 Å². The molecule has 0 bridgehead atoms. The van der Waals surface area contributed by atoms with Gasteiger partial charge in [-0.05, 0) is 27.7 Å². The molecule has 0 aliphatic rings. The Bertz CT molecular complexity index is 196. The molecule has 4 heteroatoms. The van der Waals surface area contributed by atoms with Crippen LogP contribution in [0.4, 0.5) is 0 Å². The highest BCUT2D eigenvalue weighted by Crippen LogP contribution is 2.20. The van der Waals surface area contributed by atoms with Crippen LogP contribution in [-0.4, -0.2) is 37.0 Å². The number of rotatable bonds is 5. The Kier molecular flexibility index (Phi) is 4.55. The summed E-state index contributed by atoms with van der Waals surface area (Å²) in [5.74, 6) is -0.314. The summed E-state index contributed by atoms with van der Waals surface area (Å²) in [6.45, 7) is 7.16. The maximum atomic E-state index is 11.3. The standard InChI is InChI=1S/C10H20O4/c1-9(2,8(12)13-5)7-14-10(3,4)6-11/h11H,6-7H2,1-5H3. The monoisotopic (exact) mass is 204 g/mol. The Morgan fingerprint density at radius 1 is 1.29 bits per heavy atom. The lowest BCUT2D eigenvalue weighted by Gasteiger charge is -2.28. The number of carbonyl (C=O) groups is 1. The van der Waals surface area contributed by atoms with Crippen molar-refractivity contribution in [2.75, 3.05) is 20.3 Å². The molecule has 0 radical (unpaired) electrons. The lowest BCUT2D eigenvalue weighted by Crippen LogP contribution is -2.37. The summed E-state index contributed by atoms with van der Waals surface area (Å²) in [5.41, 5.74) is -1.30. The second-order valence-corrected chi connectivity index (χ2v) is 4.58. The van der Waals surface area contributed by atoms with Gasteiger partial charge in [-0.2, -0.15) is 0 Å². The third-order valence-electron chi connectivity index (χ3n) is 1.94. The van der Waals surface area contributed by atoms with E-state index < -0.39 is 11.0 Å². The van der Waals surface area contributed by atoms with Crippen LogP contribution in [0.3, 0.4) is 0 Å². The number of aliphatic hydroxyl groups excluding tert-OH is 1. The molecular formula is C10H20O4. The van der Waals surface area contributed by atoms with Crippen LogP contribution in [0.5, 0.6) is 0 Å². The van der Waals surface area contributed by atoms with Crippen LogP contribution in [0.1, 0.15) is 27.7 Å². The van der Waals surface area contributed by atoms with Crippen molar-refractivity contribution in [1.29, 1.82) is 0 Å². The van der Waals surface area contributed by atoms with E-state index >= 15 is 0 Å². The molecule has 0 fully saturated rings. The van der Waals surface area contributed by atoms with E-state index in [0.29, 0.717) is 0 Å². The molecule has 0 heterocycles. The maximum absolute atomic E-state index is 11.3. The van der Waals surface area contributed by atoms with Gasteiger partial charge in [0.05, 0.1) is 31.3 Å². The molecule has 0 amide bonds. The molecule has 4 nitrogen and oxygen atoms in total. The lowest BCUT2D eigenvalue weighted by molar-refractivity contribution is -0.159. The molecule has 0 aliphatic heterocycles. The quantitative estimate of drug-likeness (QED) is 0.678. The van der Waals surface area contributed by atoms with Gasteiger partial charge in [0.15, 0.2) is 0 Å². The van der Waals surface area contributed by atoms with E-state index in [0.717, 1.165) is 0 Å². The van der Waals surface area contributed by atoms with Gasteiger partial charge in [0.2, 0.25) is 0 Å². The van der Waals surface area contributed by atoms with Crippen molar-refractivity contribution in [1.82, 2.24) is 0 Å². The van der Waals surface area contributed by atoms with Gasteiger partial charge < -0.3 is 14.6 Å². The Balaban J connectivity index is 4.18. The summed E-state index contributed by atoms with van der Waals surface area (Å²) in [6.07, 6.45) is 0. The number of hydrogen-bond acceptors (Lipinski definition) is 4. The van der Waals surface area contributed by atoms with Gasteiger partial charge in [-0.3, -0.25) is 4.79 Å². The maximum Gasteiger partial charge on any atom is 0.313 e. The van der Waals surface area contributed by atoms with Crippen LogP contribution < -0.4 is 0 Å². The topological polar surface area (TPSA) is 55.8 Å². The third-order valence-corrected chi connectivity index (χ3v) is 1.94. The van der Waals surface area contributed by atoms with Gasteiger partial charge in [0.25, 0.3) is 0 Å². The normalized spacial score (nSPS) is 12.7. The summed E-state index contributed by atoms with van der Waals surface area (Å²) < 4.78 is 10.0. The van der Waals surface area contributed by atoms with Crippen LogP contribution in [-0.2, 0) is 14.3 Å². The molecule has 0 saturated heterocycles. The second-order valence-electron chi connectivity index (χ2n) is 4.58. The average Bonchev–Trinajstić information content (AvgIpc) is 2.14. The van der Waals surface area contributed by atoms with Gasteiger partial charge in [-0.1, -0.05) is 0 Å². The van der Waals surface area contributed by atoms with E-state index in [1.54, 1.807) is 27.7 Å². The van der Waals surface area contributed by atoms with Crippen molar-refractivity contribution >= 4 is 5.97 Å². The van der Waals surface area contributed by atoms with E-state index in [1.807, 2.05) is 0 Å². The summed E-state index contributed by atoms with van der Waals surface area (Å²) in [4.78, 5) is 11.3. The molecule has 0 aromatic carbocycles. The Morgan fingerprint density at radius 3 is 2.14 bits per heavy atom. The highest BCUT2D eigenvalue weighted by molar-refractivity contribution is 5.75. The largest absolute Gasteiger partial charge is 0.469 e. The first-order chi connectivity index (χ1) is 6.25. The minimum absolute atomic E-state index is 0.0791. The molecule has 0 spiro atoms. The fraction of sp³-hybridized carbons (Fsp3) is 0.900. The molecular weight excluding hydrogens is 184 g/mol. The molecule has 0 unspecified atom stereocenters. The fourth-order valence-corrected chi connectivity index (χ4v) is 0.757. The van der Waals surface area contributed by atoms with E-state index in [4.69, 9.17) is 9.84 Å². The van der Waals surface area contributed by atoms with Crippen LogP contribution in [0.15, 0.2) is 0 Å². The van der Waals surface area contributed by atoms with Crippen LogP contribution >= 0.6 is 0 Å². The molecule has 0 aliphatic carbocycles. The first-order valence-electron chi connectivity index (χ1n) is 4.58. The van der Waals surface area contributed by atoms with Crippen LogP contribution in [0.25, 0.3) is 0 Å². The molecule has 0 aromatic heterocycles. The van der Waals surface area contributed by atoms with Crippen molar-refractivity contribution in [3.63, 3.8) is 0 Å². The zero-order valence-electron chi connectivity index (χ0n) is 9.59. The first-order valence-corrected chi connectivity index (χ1v) is 4.58. The second kappa shape index (κ2) is 4.75. The van der Waals surface area contributed by atoms with Crippen LogP contribution in [0.2, 0.25) is 0 Å². The fourth-order valence-electron chi connectivity index (χ4n) is 0.757. The van der Waals surface area contributed by atoms with Gasteiger partial charge in [-0.15, -0.1) is 0 Å². The first kappa shape index (κ1) is 13.4. The Hall–Kier alpha value is -0.610. The summed E-state index contributed by atoms with van der Waals surface area (Å²) in [5, 5.41) is 8.95. The van der Waals surface area contributed by atoms with E-state index in [9.17, 15) is 4.79 Å². The van der Waals surface area contributed by atoms with Gasteiger partial charge in [-0.25, -0.2) is 0 Å². The summed E-state index contributed by atoms with van der Waals surface area (Å²) >= 11 is 0. The number of aliphatic hydroxyl groups is 1. The molecule has 1 N–H and O–H groups in total. The highest BCUT2D eigenvalue weighted by Gasteiger charge is 2.31. The van der Waals surface area contributed by atoms with Crippen molar-refractivity contribution in [2.45, 2.75) is 33.3 Å². The highest BCUT2D eigenvalue weighted by atomic mass is 16.5. The minimum atomic E-state index is -0.679. The summed E-state index contributed by atoms with van der Waals surface area (Å²) in [7, 11) is 1.35. The number of esters is 1. The zero-order chi connectivity index (χ0) is 11.4. The number of ether oxygens (including phenoxy) is 2. The molecule has 0 rings (SSSR count). The third kappa shape index (κ3) is 4.07. The van der Waals surface area contributed by atoms with Crippen molar-refractivity contribution in [2.24, 2.45) is 5.41 Å². The SMILES string of the molecule is COC(=O)C(C)(C)COC(C)(C)CO. The Labute approximate surface area is 85.2 Å². The van der Waals surface area contributed by atoms with Crippen molar-refractivity contribution < 1.29 is 19.4 Å². The van der Waals surface area contributed by atoms with E-state index in [1.165, 1.54) is 7.11 Å². The zero-order valence-corrected chi connectivity index (χ0v) is 9.59. The molecule has 0 aromatic rings. The van der Waals surface area contributed by atoms with Crippen LogP contribution in [0, 0.1) is 5.41 Å².